The third kappa shape index (κ3) is 2.89. The summed E-state index contributed by atoms with van der Waals surface area (Å²) in [7, 11) is 1.64. The van der Waals surface area contributed by atoms with Gasteiger partial charge < -0.3 is 9.47 Å². The zero-order valence-electron chi connectivity index (χ0n) is 12.8. The molecule has 22 heavy (non-hydrogen) atoms. The molecule has 0 fully saturated rings. The standard InChI is InChI=1S/C19H18O3/c1-13-3-8-18-17(11-13)19(20)15(9-10-22-18)12-14-4-6-16(21-2)7-5-14/h3-8,11-12H,9-10H2,1-2H3/b15-12+. The number of fused-ring (bicyclic) bond motifs is 1. The van der Waals surface area contributed by atoms with E-state index in [1.807, 2.05) is 55.5 Å². The molecule has 0 unspecified atom stereocenters. The number of Topliss-reactive ketones (excluding diaryl/α,β-unsaturated/α-hetero) is 1. The number of ether oxygens (including phenoxy) is 2. The maximum Gasteiger partial charge on any atom is 0.192 e. The van der Waals surface area contributed by atoms with Crippen LogP contribution in [0.1, 0.15) is 27.9 Å². The summed E-state index contributed by atoms with van der Waals surface area (Å²) >= 11 is 0. The number of carbonyl (C=O) groups excluding carboxylic acids is 1. The fourth-order valence-corrected chi connectivity index (χ4v) is 2.54. The van der Waals surface area contributed by atoms with E-state index in [1.54, 1.807) is 7.11 Å². The first kappa shape index (κ1) is 14.4. The predicted molar refractivity (Wildman–Crippen MR) is 86.6 cm³/mol. The van der Waals surface area contributed by atoms with Gasteiger partial charge in [0, 0.05) is 12.0 Å². The quantitative estimate of drug-likeness (QED) is 0.784. The Morgan fingerprint density at radius 3 is 2.64 bits per heavy atom. The van der Waals surface area contributed by atoms with Crippen molar-refractivity contribution < 1.29 is 14.3 Å². The van der Waals surface area contributed by atoms with Gasteiger partial charge in [0.2, 0.25) is 0 Å². The number of carbonyl (C=O) groups is 1. The van der Waals surface area contributed by atoms with Gasteiger partial charge >= 0.3 is 0 Å². The van der Waals surface area contributed by atoms with E-state index in [4.69, 9.17) is 9.47 Å². The number of ketones is 1. The van der Waals surface area contributed by atoms with Gasteiger partial charge in [-0.2, -0.15) is 0 Å². The smallest absolute Gasteiger partial charge is 0.192 e. The lowest BCUT2D eigenvalue weighted by molar-refractivity contribution is 0.103. The van der Waals surface area contributed by atoms with Gasteiger partial charge in [0.25, 0.3) is 0 Å². The van der Waals surface area contributed by atoms with Gasteiger partial charge in [0.05, 0.1) is 19.3 Å². The molecule has 0 aliphatic carbocycles. The van der Waals surface area contributed by atoms with E-state index >= 15 is 0 Å². The summed E-state index contributed by atoms with van der Waals surface area (Å²) in [6, 6.07) is 13.4. The molecule has 1 aliphatic rings. The molecule has 0 aromatic heterocycles. The second-order valence-electron chi connectivity index (χ2n) is 5.37. The minimum atomic E-state index is 0.0482. The Hall–Kier alpha value is -2.55. The summed E-state index contributed by atoms with van der Waals surface area (Å²) in [5.41, 5.74) is 3.47. The summed E-state index contributed by atoms with van der Waals surface area (Å²) in [5, 5.41) is 0. The summed E-state index contributed by atoms with van der Waals surface area (Å²) < 4.78 is 10.8. The Kier molecular flexibility index (Phi) is 3.96. The van der Waals surface area contributed by atoms with Gasteiger partial charge in [-0.05, 0) is 42.8 Å². The Morgan fingerprint density at radius 1 is 1.14 bits per heavy atom. The van der Waals surface area contributed by atoms with Gasteiger partial charge in [-0.1, -0.05) is 23.8 Å². The highest BCUT2D eigenvalue weighted by molar-refractivity contribution is 6.13. The van der Waals surface area contributed by atoms with Crippen LogP contribution in [0, 0.1) is 6.92 Å². The van der Waals surface area contributed by atoms with Crippen LogP contribution in [0.5, 0.6) is 11.5 Å². The van der Waals surface area contributed by atoms with Gasteiger partial charge in [0.1, 0.15) is 11.5 Å². The number of rotatable bonds is 2. The van der Waals surface area contributed by atoms with Crippen LogP contribution in [-0.2, 0) is 0 Å². The molecule has 3 rings (SSSR count). The van der Waals surface area contributed by atoms with Crippen LogP contribution in [0.25, 0.3) is 6.08 Å². The second kappa shape index (κ2) is 6.06. The number of hydrogen-bond donors (Lipinski definition) is 0. The molecule has 0 saturated heterocycles. The van der Waals surface area contributed by atoms with E-state index in [0.717, 1.165) is 22.4 Å². The van der Waals surface area contributed by atoms with E-state index in [2.05, 4.69) is 0 Å². The number of benzene rings is 2. The molecule has 0 radical (unpaired) electrons. The number of hydrogen-bond acceptors (Lipinski definition) is 3. The van der Waals surface area contributed by atoms with Crippen LogP contribution in [0.15, 0.2) is 48.0 Å². The van der Waals surface area contributed by atoms with Crippen LogP contribution in [0.4, 0.5) is 0 Å². The maximum absolute atomic E-state index is 12.7. The van der Waals surface area contributed by atoms with E-state index in [-0.39, 0.29) is 5.78 Å². The lowest BCUT2D eigenvalue weighted by Gasteiger charge is -2.06. The first-order chi connectivity index (χ1) is 10.7. The van der Waals surface area contributed by atoms with E-state index in [0.29, 0.717) is 24.3 Å². The Labute approximate surface area is 130 Å². The van der Waals surface area contributed by atoms with Crippen LogP contribution in [0.2, 0.25) is 0 Å². The minimum absolute atomic E-state index is 0.0482. The van der Waals surface area contributed by atoms with Gasteiger partial charge in [0.15, 0.2) is 5.78 Å². The van der Waals surface area contributed by atoms with Crippen LogP contribution in [-0.4, -0.2) is 19.5 Å². The molecule has 0 bridgehead atoms. The minimum Gasteiger partial charge on any atom is -0.497 e. The van der Waals surface area contributed by atoms with Crippen LogP contribution < -0.4 is 9.47 Å². The molecule has 2 aromatic rings. The van der Waals surface area contributed by atoms with Crippen molar-refractivity contribution in [3.8, 4) is 11.5 Å². The molecule has 2 aromatic carbocycles. The fraction of sp³-hybridized carbons (Fsp3) is 0.211. The summed E-state index contributed by atoms with van der Waals surface area (Å²) in [6.07, 6.45) is 2.54. The van der Waals surface area contributed by atoms with E-state index in [1.165, 1.54) is 0 Å². The second-order valence-corrected chi connectivity index (χ2v) is 5.37. The molecular formula is C19H18O3. The summed E-state index contributed by atoms with van der Waals surface area (Å²) in [6.45, 7) is 2.50. The van der Waals surface area contributed by atoms with Crippen LogP contribution >= 0.6 is 0 Å². The third-order valence-corrected chi connectivity index (χ3v) is 3.76. The third-order valence-electron chi connectivity index (χ3n) is 3.76. The molecule has 3 heteroatoms. The highest BCUT2D eigenvalue weighted by Crippen LogP contribution is 2.28. The van der Waals surface area contributed by atoms with Crippen molar-refractivity contribution in [3.05, 3.63) is 64.7 Å². The molecule has 1 heterocycles. The Balaban J connectivity index is 1.96. The largest absolute Gasteiger partial charge is 0.497 e. The predicted octanol–water partition coefficient (Wildman–Crippen LogP) is 4.05. The molecule has 0 saturated carbocycles. The average molecular weight is 294 g/mol. The molecule has 112 valence electrons. The summed E-state index contributed by atoms with van der Waals surface area (Å²) in [5.74, 6) is 1.53. The SMILES string of the molecule is COc1ccc(/C=C2\CCOc3ccc(C)cc3C2=O)cc1. The average Bonchev–Trinajstić information content (AvgIpc) is 2.68. The highest BCUT2D eigenvalue weighted by Gasteiger charge is 2.21. The van der Waals surface area contributed by atoms with Crippen molar-refractivity contribution >= 4 is 11.9 Å². The normalized spacial score (nSPS) is 15.9. The number of methoxy groups -OCH3 is 1. The first-order valence-corrected chi connectivity index (χ1v) is 7.30. The zero-order chi connectivity index (χ0) is 15.5. The highest BCUT2D eigenvalue weighted by atomic mass is 16.5. The van der Waals surface area contributed by atoms with Gasteiger partial charge in [-0.25, -0.2) is 0 Å². The van der Waals surface area contributed by atoms with Crippen LogP contribution in [0.3, 0.4) is 0 Å². The maximum atomic E-state index is 12.7. The van der Waals surface area contributed by atoms with Crippen molar-refractivity contribution in [2.24, 2.45) is 0 Å². The van der Waals surface area contributed by atoms with Crippen molar-refractivity contribution in [1.82, 2.24) is 0 Å². The lowest BCUT2D eigenvalue weighted by Crippen LogP contribution is -2.02. The molecule has 0 spiro atoms. The molecule has 3 nitrogen and oxygen atoms in total. The van der Waals surface area contributed by atoms with Gasteiger partial charge in [-0.15, -0.1) is 0 Å². The van der Waals surface area contributed by atoms with E-state index in [9.17, 15) is 4.79 Å². The lowest BCUT2D eigenvalue weighted by atomic mass is 9.98. The molecule has 0 amide bonds. The molecule has 0 atom stereocenters. The van der Waals surface area contributed by atoms with Crippen molar-refractivity contribution in [3.63, 3.8) is 0 Å². The molecule has 1 aliphatic heterocycles. The zero-order valence-corrected chi connectivity index (χ0v) is 12.8. The Morgan fingerprint density at radius 2 is 1.91 bits per heavy atom. The molecular weight excluding hydrogens is 276 g/mol. The van der Waals surface area contributed by atoms with Crippen molar-refractivity contribution in [1.29, 1.82) is 0 Å². The summed E-state index contributed by atoms with van der Waals surface area (Å²) in [4.78, 5) is 12.7. The van der Waals surface area contributed by atoms with Gasteiger partial charge in [-0.3, -0.25) is 4.79 Å². The first-order valence-electron chi connectivity index (χ1n) is 7.30. The monoisotopic (exact) mass is 294 g/mol. The molecule has 0 N–H and O–H groups in total. The fourth-order valence-electron chi connectivity index (χ4n) is 2.54. The number of aryl methyl sites for hydroxylation is 1. The van der Waals surface area contributed by atoms with Crippen molar-refractivity contribution in [2.75, 3.05) is 13.7 Å². The van der Waals surface area contributed by atoms with E-state index < -0.39 is 0 Å². The van der Waals surface area contributed by atoms with Crippen molar-refractivity contribution in [2.45, 2.75) is 13.3 Å². The topological polar surface area (TPSA) is 35.5 Å². The Bertz CT molecular complexity index is 727.